The number of benzene rings is 2. The van der Waals surface area contributed by atoms with E-state index in [1.807, 2.05) is 18.2 Å². The first-order valence-electron chi connectivity index (χ1n) is 9.27. The van der Waals surface area contributed by atoms with Gasteiger partial charge in [-0.1, -0.05) is 42.5 Å². The van der Waals surface area contributed by atoms with E-state index < -0.39 is 0 Å². The van der Waals surface area contributed by atoms with Crippen LogP contribution in [0.4, 0.5) is 4.39 Å². The Labute approximate surface area is 153 Å². The lowest BCUT2D eigenvalue weighted by Gasteiger charge is -2.33. The molecule has 5 heteroatoms. The summed E-state index contributed by atoms with van der Waals surface area (Å²) in [5, 5.41) is 10.4. The molecule has 26 heavy (non-hydrogen) atoms. The van der Waals surface area contributed by atoms with E-state index in [0.29, 0.717) is 12.1 Å². The summed E-state index contributed by atoms with van der Waals surface area (Å²) in [5.74, 6) is -0.198. The molecule has 2 atom stereocenters. The number of β-amino-alcohol motifs (C(OH)–C–C–N with tert-alkyl or cyclic N) is 1. The molecule has 4 rings (SSSR count). The Morgan fingerprint density at radius 3 is 2.46 bits per heavy atom. The molecule has 2 aromatic carbocycles. The normalized spacial score (nSPS) is 24.8. The van der Waals surface area contributed by atoms with Crippen molar-refractivity contribution in [1.82, 2.24) is 9.80 Å². The lowest BCUT2D eigenvalue weighted by Crippen LogP contribution is -2.48. The van der Waals surface area contributed by atoms with E-state index in [4.69, 9.17) is 4.74 Å². The van der Waals surface area contributed by atoms with E-state index in [1.165, 1.54) is 11.6 Å². The predicted molar refractivity (Wildman–Crippen MR) is 99.3 cm³/mol. The molecular formula is C21H25FN2O2. The van der Waals surface area contributed by atoms with Gasteiger partial charge in [0.2, 0.25) is 0 Å². The van der Waals surface area contributed by atoms with Gasteiger partial charge in [-0.15, -0.1) is 0 Å². The SMILES string of the molecule is O[C@@H]1CN(Cc2ccc(-c3ccccc3F)cc2)C[C@H]1N1CCOCC1. The van der Waals surface area contributed by atoms with Gasteiger partial charge < -0.3 is 9.84 Å². The van der Waals surface area contributed by atoms with Crippen LogP contribution in [-0.2, 0) is 11.3 Å². The number of morpholine rings is 1. The average molecular weight is 356 g/mol. The van der Waals surface area contributed by atoms with Gasteiger partial charge in [-0.25, -0.2) is 4.39 Å². The van der Waals surface area contributed by atoms with Gasteiger partial charge in [0.15, 0.2) is 0 Å². The zero-order valence-electron chi connectivity index (χ0n) is 14.9. The second-order valence-corrected chi connectivity index (χ2v) is 7.15. The lowest BCUT2D eigenvalue weighted by atomic mass is 10.0. The molecular weight excluding hydrogens is 331 g/mol. The van der Waals surface area contributed by atoms with Crippen LogP contribution < -0.4 is 0 Å². The molecule has 0 amide bonds. The maximum Gasteiger partial charge on any atom is 0.131 e. The largest absolute Gasteiger partial charge is 0.390 e. The third kappa shape index (κ3) is 3.81. The molecule has 4 nitrogen and oxygen atoms in total. The van der Waals surface area contributed by atoms with Gasteiger partial charge in [0.05, 0.1) is 19.3 Å². The summed E-state index contributed by atoms with van der Waals surface area (Å²) in [6, 6.07) is 15.1. The van der Waals surface area contributed by atoms with Gasteiger partial charge in [0.1, 0.15) is 5.82 Å². The van der Waals surface area contributed by atoms with E-state index in [2.05, 4.69) is 21.9 Å². The number of aliphatic hydroxyl groups excluding tert-OH is 1. The van der Waals surface area contributed by atoms with Crippen LogP contribution in [-0.4, -0.2) is 66.4 Å². The summed E-state index contributed by atoms with van der Waals surface area (Å²) in [5.41, 5.74) is 2.70. The molecule has 0 aromatic heterocycles. The maximum absolute atomic E-state index is 13.9. The molecule has 2 aliphatic heterocycles. The number of halogens is 1. The third-order valence-electron chi connectivity index (χ3n) is 5.39. The zero-order chi connectivity index (χ0) is 17.9. The lowest BCUT2D eigenvalue weighted by molar-refractivity contribution is -0.00618. The Balaban J connectivity index is 1.39. The molecule has 2 aliphatic rings. The minimum absolute atomic E-state index is 0.191. The molecule has 1 N–H and O–H groups in total. The fourth-order valence-electron chi connectivity index (χ4n) is 3.99. The van der Waals surface area contributed by atoms with Crippen LogP contribution in [0.3, 0.4) is 0 Å². The highest BCUT2D eigenvalue weighted by molar-refractivity contribution is 5.64. The highest BCUT2D eigenvalue weighted by Gasteiger charge is 2.35. The zero-order valence-corrected chi connectivity index (χ0v) is 14.9. The molecule has 0 saturated carbocycles. The summed E-state index contributed by atoms with van der Waals surface area (Å²) in [6.45, 7) is 5.66. The summed E-state index contributed by atoms with van der Waals surface area (Å²) < 4.78 is 19.3. The van der Waals surface area contributed by atoms with Gasteiger partial charge in [0, 0.05) is 44.3 Å². The second-order valence-electron chi connectivity index (χ2n) is 7.15. The monoisotopic (exact) mass is 356 g/mol. The van der Waals surface area contributed by atoms with Gasteiger partial charge in [0.25, 0.3) is 0 Å². The maximum atomic E-state index is 13.9. The highest BCUT2D eigenvalue weighted by Crippen LogP contribution is 2.24. The van der Waals surface area contributed by atoms with Crippen molar-refractivity contribution in [3.8, 4) is 11.1 Å². The summed E-state index contributed by atoms with van der Waals surface area (Å²) in [4.78, 5) is 4.64. The first-order valence-corrected chi connectivity index (χ1v) is 9.27. The molecule has 138 valence electrons. The van der Waals surface area contributed by atoms with Gasteiger partial charge in [-0.3, -0.25) is 9.80 Å². The smallest absolute Gasteiger partial charge is 0.131 e. The van der Waals surface area contributed by atoms with Crippen molar-refractivity contribution in [2.24, 2.45) is 0 Å². The Morgan fingerprint density at radius 1 is 1.00 bits per heavy atom. The third-order valence-corrected chi connectivity index (χ3v) is 5.39. The van der Waals surface area contributed by atoms with Crippen LogP contribution >= 0.6 is 0 Å². The van der Waals surface area contributed by atoms with Crippen LogP contribution in [0.25, 0.3) is 11.1 Å². The summed E-state index contributed by atoms with van der Waals surface area (Å²) in [7, 11) is 0. The van der Waals surface area contributed by atoms with E-state index in [0.717, 1.165) is 45.0 Å². The van der Waals surface area contributed by atoms with Crippen molar-refractivity contribution in [3.63, 3.8) is 0 Å². The average Bonchev–Trinajstić information content (AvgIpc) is 3.04. The molecule has 0 spiro atoms. The highest BCUT2D eigenvalue weighted by atomic mass is 19.1. The van der Waals surface area contributed by atoms with E-state index in [9.17, 15) is 9.50 Å². The van der Waals surface area contributed by atoms with Crippen LogP contribution in [0.2, 0.25) is 0 Å². The Hall–Kier alpha value is -1.79. The molecule has 2 saturated heterocycles. The number of nitrogens with zero attached hydrogens (tertiary/aromatic N) is 2. The van der Waals surface area contributed by atoms with Crippen LogP contribution in [0, 0.1) is 5.82 Å². The molecule has 0 aliphatic carbocycles. The van der Waals surface area contributed by atoms with Crippen LogP contribution in [0.1, 0.15) is 5.56 Å². The standard InChI is InChI=1S/C21H25FN2O2/c22-19-4-2-1-3-18(19)17-7-5-16(6-8-17)13-23-14-20(21(25)15-23)24-9-11-26-12-10-24/h1-8,20-21,25H,9-15H2/t20-,21-/m1/s1. The first kappa shape index (κ1) is 17.6. The van der Waals surface area contributed by atoms with E-state index in [1.54, 1.807) is 12.1 Å². The minimum Gasteiger partial charge on any atom is -0.390 e. The van der Waals surface area contributed by atoms with Crippen molar-refractivity contribution < 1.29 is 14.2 Å². The van der Waals surface area contributed by atoms with Crippen molar-refractivity contribution in [2.75, 3.05) is 39.4 Å². The predicted octanol–water partition coefficient (Wildman–Crippen LogP) is 2.37. The van der Waals surface area contributed by atoms with E-state index >= 15 is 0 Å². The van der Waals surface area contributed by atoms with E-state index in [-0.39, 0.29) is 18.0 Å². The number of hydrogen-bond donors (Lipinski definition) is 1. The van der Waals surface area contributed by atoms with Gasteiger partial charge in [-0.05, 0) is 17.2 Å². The number of aliphatic hydroxyl groups is 1. The molecule has 2 aromatic rings. The number of ether oxygens (including phenoxy) is 1. The molecule has 2 fully saturated rings. The quantitative estimate of drug-likeness (QED) is 0.912. The van der Waals surface area contributed by atoms with Crippen LogP contribution in [0.15, 0.2) is 48.5 Å². The van der Waals surface area contributed by atoms with Crippen molar-refractivity contribution in [2.45, 2.75) is 18.7 Å². The van der Waals surface area contributed by atoms with Gasteiger partial charge >= 0.3 is 0 Å². The van der Waals surface area contributed by atoms with Crippen molar-refractivity contribution in [1.29, 1.82) is 0 Å². The number of rotatable bonds is 4. The first-order chi connectivity index (χ1) is 12.7. The summed E-state index contributed by atoms with van der Waals surface area (Å²) in [6.07, 6.45) is -0.314. The van der Waals surface area contributed by atoms with Gasteiger partial charge in [-0.2, -0.15) is 0 Å². The van der Waals surface area contributed by atoms with Crippen LogP contribution in [0.5, 0.6) is 0 Å². The Bertz CT molecular complexity index is 731. The Morgan fingerprint density at radius 2 is 1.73 bits per heavy atom. The topological polar surface area (TPSA) is 35.9 Å². The molecule has 0 unspecified atom stereocenters. The number of hydrogen-bond acceptors (Lipinski definition) is 4. The molecule has 2 heterocycles. The summed E-state index contributed by atoms with van der Waals surface area (Å²) >= 11 is 0. The fraction of sp³-hybridized carbons (Fsp3) is 0.429. The fourth-order valence-corrected chi connectivity index (χ4v) is 3.99. The molecule has 0 radical (unpaired) electrons. The van der Waals surface area contributed by atoms with Crippen molar-refractivity contribution in [3.05, 3.63) is 59.9 Å². The molecule has 0 bridgehead atoms. The Kier molecular flexibility index (Phi) is 5.31. The number of likely N-dealkylation sites (tertiary alicyclic amines) is 1. The minimum atomic E-state index is -0.314. The second kappa shape index (κ2) is 7.84. The van der Waals surface area contributed by atoms with Crippen molar-refractivity contribution >= 4 is 0 Å².